The maximum absolute atomic E-state index is 12.1. The fourth-order valence-electron chi connectivity index (χ4n) is 1.53. The first-order valence-corrected chi connectivity index (χ1v) is 6.77. The Hall–Kier alpha value is -1.59. The molecule has 0 spiro atoms. The first-order chi connectivity index (χ1) is 9.60. The van der Waals surface area contributed by atoms with E-state index in [1.165, 1.54) is 0 Å². The summed E-state index contributed by atoms with van der Waals surface area (Å²) in [5.74, 6) is -0.963. The lowest BCUT2D eigenvalue weighted by molar-refractivity contribution is -0.147. The van der Waals surface area contributed by atoms with Crippen LogP contribution in [-0.2, 0) is 14.3 Å². The Morgan fingerprint density at radius 1 is 1.25 bits per heavy atom. The van der Waals surface area contributed by atoms with E-state index in [4.69, 9.17) is 21.1 Å². The smallest absolute Gasteiger partial charge is 0.331 e. The molecule has 5 nitrogen and oxygen atoms in total. The third-order valence-electron chi connectivity index (χ3n) is 2.48. The molecular weight excluding hydrogens is 282 g/mol. The molecule has 0 saturated heterocycles. The number of amides is 1. The van der Waals surface area contributed by atoms with E-state index in [2.05, 4.69) is 5.32 Å². The van der Waals surface area contributed by atoms with Gasteiger partial charge in [0.25, 0.3) is 5.91 Å². The van der Waals surface area contributed by atoms with Gasteiger partial charge in [-0.1, -0.05) is 23.7 Å². The van der Waals surface area contributed by atoms with Crippen LogP contribution in [0.2, 0.25) is 5.02 Å². The number of nitrogens with one attached hydrogen (secondary N) is 1. The molecule has 20 heavy (non-hydrogen) atoms. The van der Waals surface area contributed by atoms with Gasteiger partial charge in [-0.15, -0.1) is 0 Å². The van der Waals surface area contributed by atoms with Crippen molar-refractivity contribution < 1.29 is 19.1 Å². The quantitative estimate of drug-likeness (QED) is 0.783. The van der Waals surface area contributed by atoms with Crippen LogP contribution in [-0.4, -0.2) is 37.7 Å². The van der Waals surface area contributed by atoms with Crippen molar-refractivity contribution in [2.45, 2.75) is 19.9 Å². The van der Waals surface area contributed by atoms with Crippen LogP contribution < -0.4 is 5.32 Å². The Balaban J connectivity index is 2.76. The molecule has 1 aromatic rings. The number of hydrogen-bond donors (Lipinski definition) is 1. The molecule has 1 N–H and O–H groups in total. The third kappa shape index (κ3) is 4.83. The topological polar surface area (TPSA) is 64.6 Å². The summed E-state index contributed by atoms with van der Waals surface area (Å²) in [5, 5.41) is 2.89. The first kappa shape index (κ1) is 16.5. The number of ether oxygens (including phenoxy) is 2. The van der Waals surface area contributed by atoms with Crippen molar-refractivity contribution in [2.75, 3.05) is 19.8 Å². The Labute approximate surface area is 123 Å². The highest BCUT2D eigenvalue weighted by molar-refractivity contribution is 6.33. The number of rotatable bonds is 7. The molecule has 1 unspecified atom stereocenters. The van der Waals surface area contributed by atoms with E-state index in [1.807, 2.05) is 0 Å². The maximum atomic E-state index is 12.1. The van der Waals surface area contributed by atoms with Crippen LogP contribution in [0.15, 0.2) is 24.3 Å². The first-order valence-electron chi connectivity index (χ1n) is 6.39. The fourth-order valence-corrected chi connectivity index (χ4v) is 1.75. The lowest BCUT2D eigenvalue weighted by Crippen LogP contribution is -2.45. The van der Waals surface area contributed by atoms with E-state index in [1.54, 1.807) is 38.1 Å². The summed E-state index contributed by atoms with van der Waals surface area (Å²) in [5.41, 5.74) is 0.306. The van der Waals surface area contributed by atoms with Crippen LogP contribution in [0.3, 0.4) is 0 Å². The molecule has 1 atom stereocenters. The molecule has 1 aromatic carbocycles. The lowest BCUT2D eigenvalue weighted by Gasteiger charge is -2.17. The van der Waals surface area contributed by atoms with E-state index in [-0.39, 0.29) is 13.2 Å². The second-order valence-electron chi connectivity index (χ2n) is 3.92. The molecule has 0 radical (unpaired) electrons. The van der Waals surface area contributed by atoms with Crippen LogP contribution in [0, 0.1) is 0 Å². The maximum Gasteiger partial charge on any atom is 0.331 e. The number of esters is 1. The van der Waals surface area contributed by atoms with Gasteiger partial charge in [-0.25, -0.2) is 4.79 Å². The summed E-state index contributed by atoms with van der Waals surface area (Å²) in [4.78, 5) is 23.8. The van der Waals surface area contributed by atoms with E-state index < -0.39 is 17.9 Å². The normalized spacial score (nSPS) is 11.8. The van der Waals surface area contributed by atoms with Gasteiger partial charge in [-0.2, -0.15) is 0 Å². The molecule has 0 bridgehead atoms. The van der Waals surface area contributed by atoms with Gasteiger partial charge in [0.1, 0.15) is 0 Å². The summed E-state index contributed by atoms with van der Waals surface area (Å²) in [7, 11) is 0. The zero-order valence-corrected chi connectivity index (χ0v) is 12.3. The SMILES string of the molecule is CCOCC(NC(=O)c1ccccc1Cl)C(=O)OCC. The van der Waals surface area contributed by atoms with Gasteiger partial charge in [0, 0.05) is 6.61 Å². The van der Waals surface area contributed by atoms with Crippen molar-refractivity contribution in [1.82, 2.24) is 5.32 Å². The number of carbonyl (C=O) groups excluding carboxylic acids is 2. The van der Waals surface area contributed by atoms with Crippen molar-refractivity contribution in [3.63, 3.8) is 0 Å². The molecule has 0 aliphatic heterocycles. The molecule has 1 rings (SSSR count). The number of hydrogen-bond acceptors (Lipinski definition) is 4. The summed E-state index contributed by atoms with van der Waals surface area (Å²) >= 11 is 5.94. The Morgan fingerprint density at radius 3 is 2.55 bits per heavy atom. The summed E-state index contributed by atoms with van der Waals surface area (Å²) in [6.07, 6.45) is 0. The van der Waals surface area contributed by atoms with Crippen molar-refractivity contribution in [3.05, 3.63) is 34.9 Å². The number of benzene rings is 1. The minimum atomic E-state index is -0.848. The van der Waals surface area contributed by atoms with Crippen LogP contribution in [0.1, 0.15) is 24.2 Å². The highest BCUT2D eigenvalue weighted by atomic mass is 35.5. The predicted molar refractivity (Wildman–Crippen MR) is 75.8 cm³/mol. The molecule has 0 aliphatic rings. The van der Waals surface area contributed by atoms with Crippen molar-refractivity contribution in [3.8, 4) is 0 Å². The minimum Gasteiger partial charge on any atom is -0.464 e. The van der Waals surface area contributed by atoms with Crippen LogP contribution >= 0.6 is 11.6 Å². The van der Waals surface area contributed by atoms with Crippen LogP contribution in [0.5, 0.6) is 0 Å². The standard InChI is InChI=1S/C14H18ClNO4/c1-3-19-9-12(14(18)20-4-2)16-13(17)10-7-5-6-8-11(10)15/h5-8,12H,3-4,9H2,1-2H3,(H,16,17). The summed E-state index contributed by atoms with van der Waals surface area (Å²) in [6, 6.07) is 5.77. The van der Waals surface area contributed by atoms with Crippen LogP contribution in [0.4, 0.5) is 0 Å². The molecule has 0 aromatic heterocycles. The van der Waals surface area contributed by atoms with E-state index in [0.29, 0.717) is 17.2 Å². The van der Waals surface area contributed by atoms with Gasteiger partial charge in [-0.05, 0) is 26.0 Å². The highest BCUT2D eigenvalue weighted by Gasteiger charge is 2.23. The summed E-state index contributed by atoms with van der Waals surface area (Å²) < 4.78 is 10.1. The minimum absolute atomic E-state index is 0.0610. The van der Waals surface area contributed by atoms with Gasteiger partial charge in [-0.3, -0.25) is 4.79 Å². The zero-order chi connectivity index (χ0) is 15.0. The highest BCUT2D eigenvalue weighted by Crippen LogP contribution is 2.14. The monoisotopic (exact) mass is 299 g/mol. The fraction of sp³-hybridized carbons (Fsp3) is 0.429. The zero-order valence-electron chi connectivity index (χ0n) is 11.5. The second kappa shape index (κ2) is 8.55. The molecule has 0 fully saturated rings. The third-order valence-corrected chi connectivity index (χ3v) is 2.81. The average molecular weight is 300 g/mol. The van der Waals surface area contributed by atoms with E-state index in [0.717, 1.165) is 0 Å². The van der Waals surface area contributed by atoms with Gasteiger partial charge in [0.2, 0.25) is 0 Å². The molecular formula is C14H18ClNO4. The molecule has 1 amide bonds. The molecule has 110 valence electrons. The van der Waals surface area contributed by atoms with Gasteiger partial charge < -0.3 is 14.8 Å². The molecule has 0 saturated carbocycles. The second-order valence-corrected chi connectivity index (χ2v) is 4.32. The summed E-state index contributed by atoms with van der Waals surface area (Å²) in [6.45, 7) is 4.25. The van der Waals surface area contributed by atoms with Gasteiger partial charge in [0.05, 0.1) is 23.8 Å². The van der Waals surface area contributed by atoms with E-state index >= 15 is 0 Å². The van der Waals surface area contributed by atoms with Crippen LogP contribution in [0.25, 0.3) is 0 Å². The number of carbonyl (C=O) groups is 2. The van der Waals surface area contributed by atoms with Gasteiger partial charge in [0.15, 0.2) is 6.04 Å². The molecule has 0 heterocycles. The molecule has 6 heteroatoms. The Bertz CT molecular complexity index is 464. The van der Waals surface area contributed by atoms with Gasteiger partial charge >= 0.3 is 5.97 Å². The Morgan fingerprint density at radius 2 is 1.95 bits per heavy atom. The molecule has 0 aliphatic carbocycles. The van der Waals surface area contributed by atoms with Crippen molar-refractivity contribution >= 4 is 23.5 Å². The largest absolute Gasteiger partial charge is 0.464 e. The van der Waals surface area contributed by atoms with E-state index in [9.17, 15) is 9.59 Å². The van der Waals surface area contributed by atoms with Crippen molar-refractivity contribution in [1.29, 1.82) is 0 Å². The predicted octanol–water partition coefficient (Wildman–Crippen LogP) is 2.04. The van der Waals surface area contributed by atoms with Crippen molar-refractivity contribution in [2.24, 2.45) is 0 Å². The Kier molecular flexibility index (Phi) is 7.04. The lowest BCUT2D eigenvalue weighted by atomic mass is 10.2. The number of halogens is 1. The average Bonchev–Trinajstić information content (AvgIpc) is 2.43.